The van der Waals surface area contributed by atoms with Gasteiger partial charge in [-0.3, -0.25) is 0 Å². The fourth-order valence-corrected chi connectivity index (χ4v) is 2.98. The van der Waals surface area contributed by atoms with Crippen LogP contribution in [0.4, 0.5) is 0 Å². The molecule has 2 N–H and O–H groups in total. The third-order valence-corrected chi connectivity index (χ3v) is 4.44. The third kappa shape index (κ3) is 3.72. The number of morpholine rings is 1. The first-order valence-corrected chi connectivity index (χ1v) is 8.07. The Morgan fingerprint density at radius 1 is 1.21 bits per heavy atom. The minimum Gasteiger partial charge on any atom is -0.378 e. The molecular weight excluding hydrogens is 417 g/mol. The van der Waals surface area contributed by atoms with E-state index in [9.17, 15) is 0 Å². The molecule has 1 aromatic carbocycles. The first-order valence-electron chi connectivity index (χ1n) is 8.07. The van der Waals surface area contributed by atoms with E-state index in [0.717, 1.165) is 38.4 Å². The van der Waals surface area contributed by atoms with Crippen LogP contribution in [0.15, 0.2) is 47.7 Å². The van der Waals surface area contributed by atoms with E-state index in [1.807, 2.05) is 29.1 Å². The molecule has 2 fully saturated rings. The summed E-state index contributed by atoms with van der Waals surface area (Å²) in [6.07, 6.45) is 5.09. The largest absolute Gasteiger partial charge is 0.378 e. The van der Waals surface area contributed by atoms with Gasteiger partial charge in [-0.15, -0.1) is 24.0 Å². The highest BCUT2D eigenvalue weighted by Crippen LogP contribution is 2.43. The summed E-state index contributed by atoms with van der Waals surface area (Å²) in [7, 11) is 0. The van der Waals surface area contributed by atoms with Crippen molar-refractivity contribution in [3.05, 3.63) is 48.3 Å². The van der Waals surface area contributed by atoms with Gasteiger partial charge in [0.2, 0.25) is 0 Å². The van der Waals surface area contributed by atoms with Crippen LogP contribution in [0, 0.1) is 0 Å². The number of hydrogen-bond acceptors (Lipinski definition) is 3. The maximum Gasteiger partial charge on any atom is 0.191 e. The van der Waals surface area contributed by atoms with Gasteiger partial charge in [0, 0.05) is 25.2 Å². The van der Waals surface area contributed by atoms with Gasteiger partial charge in [-0.25, -0.2) is 9.67 Å². The molecule has 0 radical (unpaired) electrons. The van der Waals surface area contributed by atoms with Crippen molar-refractivity contribution < 1.29 is 4.74 Å². The Bertz CT molecular complexity index is 696. The van der Waals surface area contributed by atoms with Gasteiger partial charge in [0.15, 0.2) is 5.96 Å². The zero-order valence-corrected chi connectivity index (χ0v) is 15.7. The smallest absolute Gasteiger partial charge is 0.191 e. The minimum atomic E-state index is 0. The van der Waals surface area contributed by atoms with E-state index < -0.39 is 0 Å². The van der Waals surface area contributed by atoms with Crippen LogP contribution in [0.25, 0.3) is 5.69 Å². The maximum absolute atomic E-state index is 6.13. The summed E-state index contributed by atoms with van der Waals surface area (Å²) in [6.45, 7) is 3.12. The predicted molar refractivity (Wildman–Crippen MR) is 104 cm³/mol. The summed E-state index contributed by atoms with van der Waals surface area (Å²) >= 11 is 0. The second kappa shape index (κ2) is 7.52. The maximum atomic E-state index is 6.13. The Labute approximate surface area is 158 Å². The van der Waals surface area contributed by atoms with Gasteiger partial charge in [0.25, 0.3) is 0 Å². The zero-order chi connectivity index (χ0) is 15.6. The minimum absolute atomic E-state index is 0. The zero-order valence-electron chi connectivity index (χ0n) is 13.4. The number of hydrogen-bond donors (Lipinski definition) is 1. The molecule has 1 aromatic heterocycles. The molecule has 0 unspecified atom stereocenters. The van der Waals surface area contributed by atoms with Crippen LogP contribution < -0.4 is 5.73 Å². The highest BCUT2D eigenvalue weighted by Gasteiger charge is 2.40. The van der Waals surface area contributed by atoms with Crippen molar-refractivity contribution in [2.24, 2.45) is 10.7 Å². The van der Waals surface area contributed by atoms with Gasteiger partial charge in [-0.1, -0.05) is 18.2 Å². The lowest BCUT2D eigenvalue weighted by Crippen LogP contribution is -2.45. The van der Waals surface area contributed by atoms with Crippen LogP contribution in [0.5, 0.6) is 0 Å². The van der Waals surface area contributed by atoms with Crippen molar-refractivity contribution in [2.45, 2.75) is 18.4 Å². The second-order valence-corrected chi connectivity index (χ2v) is 6.05. The summed E-state index contributed by atoms with van der Waals surface area (Å²) in [4.78, 5) is 6.78. The van der Waals surface area contributed by atoms with Crippen LogP contribution in [-0.2, 0) is 4.74 Å². The fourth-order valence-electron chi connectivity index (χ4n) is 2.98. The van der Waals surface area contributed by atoms with Crippen molar-refractivity contribution in [2.75, 3.05) is 26.3 Å². The van der Waals surface area contributed by atoms with Gasteiger partial charge >= 0.3 is 0 Å². The van der Waals surface area contributed by atoms with Crippen LogP contribution in [0.1, 0.15) is 17.9 Å². The highest BCUT2D eigenvalue weighted by atomic mass is 127. The molecule has 4 rings (SSSR count). The highest BCUT2D eigenvalue weighted by molar-refractivity contribution is 14.0. The van der Waals surface area contributed by atoms with Gasteiger partial charge < -0.3 is 15.4 Å². The van der Waals surface area contributed by atoms with Crippen molar-refractivity contribution >= 4 is 29.9 Å². The summed E-state index contributed by atoms with van der Waals surface area (Å²) in [5.74, 6) is 1.09. The first kappa shape index (κ1) is 17.2. The topological polar surface area (TPSA) is 68.7 Å². The molecule has 24 heavy (non-hydrogen) atoms. The molecule has 0 bridgehead atoms. The van der Waals surface area contributed by atoms with E-state index in [1.54, 1.807) is 0 Å². The van der Waals surface area contributed by atoms with Gasteiger partial charge in [0.1, 0.15) is 0 Å². The molecule has 0 spiro atoms. The Balaban J connectivity index is 0.00000169. The molecule has 6 nitrogen and oxygen atoms in total. The molecule has 2 aromatic rings. The lowest BCUT2D eigenvalue weighted by atomic mass is 10.2. The Morgan fingerprint density at radius 3 is 2.71 bits per heavy atom. The van der Waals surface area contributed by atoms with Crippen LogP contribution >= 0.6 is 24.0 Å². The van der Waals surface area contributed by atoms with Crippen molar-refractivity contribution in [1.29, 1.82) is 0 Å². The summed E-state index contributed by atoms with van der Waals surface area (Å²) < 4.78 is 7.26. The van der Waals surface area contributed by atoms with E-state index in [2.05, 4.69) is 33.3 Å². The number of guanidine groups is 1. The SMILES string of the molecule is I.NC(=N[C@@H]1C[C@H]1c1cnn(-c2ccccc2)c1)N1CCOCC1. The molecule has 2 heterocycles. The third-order valence-electron chi connectivity index (χ3n) is 4.44. The second-order valence-electron chi connectivity index (χ2n) is 6.05. The van der Waals surface area contributed by atoms with Crippen LogP contribution in [0.3, 0.4) is 0 Å². The summed E-state index contributed by atoms with van der Waals surface area (Å²) in [5.41, 5.74) is 8.44. The van der Waals surface area contributed by atoms with Gasteiger partial charge in [0.05, 0.1) is 31.1 Å². The fraction of sp³-hybridized carbons (Fsp3) is 0.412. The number of ether oxygens (including phenoxy) is 1. The van der Waals surface area contributed by atoms with E-state index >= 15 is 0 Å². The Hall–Kier alpha value is -1.61. The molecule has 2 atom stereocenters. The van der Waals surface area contributed by atoms with Gasteiger partial charge in [-0.05, 0) is 24.1 Å². The summed E-state index contributed by atoms with van der Waals surface area (Å²) in [6, 6.07) is 10.4. The van der Waals surface area contributed by atoms with E-state index in [-0.39, 0.29) is 30.0 Å². The van der Waals surface area contributed by atoms with E-state index in [1.165, 1.54) is 5.56 Å². The normalized spacial score (nSPS) is 23.7. The molecule has 0 amide bonds. The molecule has 7 heteroatoms. The monoisotopic (exact) mass is 439 g/mol. The van der Waals surface area contributed by atoms with E-state index in [0.29, 0.717) is 11.9 Å². The number of nitrogens with two attached hydrogens (primary N) is 1. The van der Waals surface area contributed by atoms with E-state index in [4.69, 9.17) is 10.5 Å². The van der Waals surface area contributed by atoms with Crippen LogP contribution in [0.2, 0.25) is 0 Å². The molecule has 1 saturated carbocycles. The first-order chi connectivity index (χ1) is 11.3. The lowest BCUT2D eigenvalue weighted by molar-refractivity contribution is 0.0674. The molecule has 128 valence electrons. The van der Waals surface area contributed by atoms with Crippen LogP contribution in [-0.4, -0.2) is 53.0 Å². The molecule has 2 aliphatic rings. The van der Waals surface area contributed by atoms with Crippen molar-refractivity contribution in [1.82, 2.24) is 14.7 Å². The standard InChI is InChI=1S/C17H21N5O.HI/c18-17(21-6-8-23-9-7-21)20-16-10-15(16)13-11-19-22(12-13)14-4-2-1-3-5-14;/h1-5,11-12,15-16H,6-10H2,(H2,18,20);1H/t15-,16+;/m0./s1. The number of rotatable bonds is 3. The molecular formula is C17H22IN5O. The summed E-state index contributed by atoms with van der Waals surface area (Å²) in [5, 5.41) is 4.46. The molecule has 1 aliphatic heterocycles. The average molecular weight is 439 g/mol. The Kier molecular flexibility index (Phi) is 5.40. The number of benzene rings is 1. The van der Waals surface area contributed by atoms with Gasteiger partial charge in [-0.2, -0.15) is 5.10 Å². The Morgan fingerprint density at radius 2 is 1.96 bits per heavy atom. The number of aliphatic imine (C=N–C) groups is 1. The number of aromatic nitrogens is 2. The number of nitrogens with zero attached hydrogens (tertiary/aromatic N) is 4. The number of para-hydroxylation sites is 1. The van der Waals surface area contributed by atoms with Crippen molar-refractivity contribution in [3.8, 4) is 5.69 Å². The quantitative estimate of drug-likeness (QED) is 0.452. The molecule has 1 aliphatic carbocycles. The lowest BCUT2D eigenvalue weighted by Gasteiger charge is -2.27. The van der Waals surface area contributed by atoms with Crippen molar-refractivity contribution in [3.63, 3.8) is 0 Å². The average Bonchev–Trinajstić information content (AvgIpc) is 3.19. The predicted octanol–water partition coefficient (Wildman–Crippen LogP) is 1.99. The molecule has 1 saturated heterocycles. The number of halogens is 1.